The summed E-state index contributed by atoms with van der Waals surface area (Å²) in [4.78, 5) is 25.3. The fourth-order valence-electron chi connectivity index (χ4n) is 2.44. The summed E-state index contributed by atoms with van der Waals surface area (Å²) in [6.45, 7) is 8.63. The number of hydrogen-bond acceptors (Lipinski definition) is 2. The molecule has 0 aromatic heterocycles. The van der Waals surface area contributed by atoms with Crippen molar-refractivity contribution in [3.8, 4) is 0 Å². The molecule has 1 aromatic carbocycles. The average molecular weight is 290 g/mol. The Morgan fingerprint density at radius 1 is 1.24 bits per heavy atom. The zero-order chi connectivity index (χ0) is 15.8. The molecular weight excluding hydrogens is 264 g/mol. The van der Waals surface area contributed by atoms with E-state index >= 15 is 0 Å². The van der Waals surface area contributed by atoms with E-state index in [1.54, 1.807) is 11.8 Å². The van der Waals surface area contributed by atoms with Gasteiger partial charge in [-0.1, -0.05) is 32.0 Å². The molecule has 0 heterocycles. The Kier molecular flexibility index (Phi) is 6.92. The first-order valence-electron chi connectivity index (χ1n) is 7.64. The first-order valence-corrected chi connectivity index (χ1v) is 7.64. The Hall–Kier alpha value is -1.84. The summed E-state index contributed by atoms with van der Waals surface area (Å²) in [5, 5.41) is 2.86. The largest absolute Gasteiger partial charge is 0.354 e. The Bertz CT molecular complexity index is 498. The Morgan fingerprint density at radius 2 is 1.95 bits per heavy atom. The number of nitrogens with zero attached hydrogens (tertiary/aromatic N) is 1. The van der Waals surface area contributed by atoms with Crippen molar-refractivity contribution in [2.24, 2.45) is 0 Å². The summed E-state index contributed by atoms with van der Waals surface area (Å²) in [5.41, 5.74) is 3.23. The maximum atomic E-state index is 12.0. The van der Waals surface area contributed by atoms with E-state index < -0.39 is 0 Å². The third-order valence-electron chi connectivity index (χ3n) is 3.49. The van der Waals surface area contributed by atoms with Crippen LogP contribution in [0.1, 0.15) is 44.7 Å². The smallest absolute Gasteiger partial charge is 0.223 e. The van der Waals surface area contributed by atoms with Crippen molar-refractivity contribution in [2.75, 3.05) is 18.0 Å². The lowest BCUT2D eigenvalue weighted by Crippen LogP contribution is -2.38. The van der Waals surface area contributed by atoms with Crippen molar-refractivity contribution in [3.05, 3.63) is 29.3 Å². The Balaban J connectivity index is 2.83. The first kappa shape index (κ1) is 17.2. The first-order chi connectivity index (χ1) is 10.0. The standard InChI is InChI=1S/C17H26N2O2/c1-5-8-16(21)18-11-12-19(14(4)20)17-13(3)9-7-10-15(17)6-2/h7,9-10H,5-6,8,11-12H2,1-4H3,(H,18,21). The topological polar surface area (TPSA) is 49.4 Å². The van der Waals surface area contributed by atoms with Crippen LogP contribution in [0.2, 0.25) is 0 Å². The predicted molar refractivity (Wildman–Crippen MR) is 86.5 cm³/mol. The molecule has 0 aliphatic heterocycles. The number of rotatable bonds is 7. The highest BCUT2D eigenvalue weighted by molar-refractivity contribution is 5.93. The third-order valence-corrected chi connectivity index (χ3v) is 3.49. The predicted octanol–water partition coefficient (Wildman–Crippen LogP) is 2.83. The molecule has 0 fully saturated rings. The molecule has 1 N–H and O–H groups in total. The van der Waals surface area contributed by atoms with Gasteiger partial charge in [-0.2, -0.15) is 0 Å². The van der Waals surface area contributed by atoms with Crippen molar-refractivity contribution in [2.45, 2.75) is 47.0 Å². The van der Waals surface area contributed by atoms with Gasteiger partial charge in [0.15, 0.2) is 0 Å². The summed E-state index contributed by atoms with van der Waals surface area (Å²) in [5.74, 6) is 0.0465. The van der Waals surface area contributed by atoms with Gasteiger partial charge >= 0.3 is 0 Å². The number of amides is 2. The van der Waals surface area contributed by atoms with Crippen LogP contribution in [-0.4, -0.2) is 24.9 Å². The van der Waals surface area contributed by atoms with Crippen LogP contribution in [0.15, 0.2) is 18.2 Å². The van der Waals surface area contributed by atoms with Gasteiger partial charge in [0, 0.05) is 32.1 Å². The molecule has 0 aliphatic carbocycles. The van der Waals surface area contributed by atoms with Crippen LogP contribution < -0.4 is 10.2 Å². The van der Waals surface area contributed by atoms with E-state index in [0.717, 1.165) is 29.7 Å². The maximum absolute atomic E-state index is 12.0. The summed E-state index contributed by atoms with van der Waals surface area (Å²) < 4.78 is 0. The van der Waals surface area contributed by atoms with Gasteiger partial charge in [0.25, 0.3) is 0 Å². The second-order valence-electron chi connectivity index (χ2n) is 5.21. The molecule has 4 heteroatoms. The van der Waals surface area contributed by atoms with Crippen molar-refractivity contribution in [1.29, 1.82) is 0 Å². The molecule has 0 radical (unpaired) electrons. The molecule has 0 bridgehead atoms. The lowest BCUT2D eigenvalue weighted by Gasteiger charge is -2.26. The van der Waals surface area contributed by atoms with Gasteiger partial charge in [-0.15, -0.1) is 0 Å². The highest BCUT2D eigenvalue weighted by Crippen LogP contribution is 2.25. The lowest BCUT2D eigenvalue weighted by molar-refractivity contribution is -0.121. The fraction of sp³-hybridized carbons (Fsp3) is 0.529. The normalized spacial score (nSPS) is 10.3. The lowest BCUT2D eigenvalue weighted by atomic mass is 10.0. The van der Waals surface area contributed by atoms with Crippen LogP contribution in [-0.2, 0) is 16.0 Å². The van der Waals surface area contributed by atoms with E-state index in [2.05, 4.69) is 12.2 Å². The van der Waals surface area contributed by atoms with Crippen LogP contribution in [0.25, 0.3) is 0 Å². The van der Waals surface area contributed by atoms with Crippen LogP contribution in [0.5, 0.6) is 0 Å². The monoisotopic (exact) mass is 290 g/mol. The quantitative estimate of drug-likeness (QED) is 0.839. The second kappa shape index (κ2) is 8.45. The molecule has 116 valence electrons. The molecule has 21 heavy (non-hydrogen) atoms. The zero-order valence-electron chi connectivity index (χ0n) is 13.5. The van der Waals surface area contributed by atoms with Gasteiger partial charge in [0.1, 0.15) is 0 Å². The van der Waals surface area contributed by atoms with Crippen LogP contribution >= 0.6 is 0 Å². The second-order valence-corrected chi connectivity index (χ2v) is 5.21. The van der Waals surface area contributed by atoms with E-state index in [4.69, 9.17) is 0 Å². The minimum absolute atomic E-state index is 0.00346. The number of carbonyl (C=O) groups excluding carboxylic acids is 2. The number of carbonyl (C=O) groups is 2. The number of anilines is 1. The minimum Gasteiger partial charge on any atom is -0.354 e. The molecular formula is C17H26N2O2. The van der Waals surface area contributed by atoms with Gasteiger partial charge in [-0.3, -0.25) is 9.59 Å². The molecule has 1 rings (SSSR count). The van der Waals surface area contributed by atoms with Crippen LogP contribution in [0.3, 0.4) is 0 Å². The van der Waals surface area contributed by atoms with Gasteiger partial charge in [0.05, 0.1) is 0 Å². The molecule has 0 saturated heterocycles. The minimum atomic E-state index is 0.00346. The van der Waals surface area contributed by atoms with Crippen LogP contribution in [0.4, 0.5) is 5.69 Å². The molecule has 2 amide bonds. The van der Waals surface area contributed by atoms with E-state index in [-0.39, 0.29) is 11.8 Å². The summed E-state index contributed by atoms with van der Waals surface area (Å²) >= 11 is 0. The van der Waals surface area contributed by atoms with Crippen molar-refractivity contribution >= 4 is 17.5 Å². The number of para-hydroxylation sites is 1. The van der Waals surface area contributed by atoms with Gasteiger partial charge in [-0.05, 0) is 30.9 Å². The van der Waals surface area contributed by atoms with Gasteiger partial charge < -0.3 is 10.2 Å². The SMILES string of the molecule is CCCC(=O)NCCN(C(C)=O)c1c(C)cccc1CC. The fourth-order valence-corrected chi connectivity index (χ4v) is 2.44. The van der Waals surface area contributed by atoms with E-state index in [1.165, 1.54) is 0 Å². The molecule has 0 unspecified atom stereocenters. The third kappa shape index (κ3) is 4.88. The number of hydrogen-bond donors (Lipinski definition) is 1. The van der Waals surface area contributed by atoms with Gasteiger partial charge in [0.2, 0.25) is 11.8 Å². The number of nitrogens with one attached hydrogen (secondary N) is 1. The average Bonchev–Trinajstić information content (AvgIpc) is 2.44. The highest BCUT2D eigenvalue weighted by Gasteiger charge is 2.16. The molecule has 1 aromatic rings. The molecule has 0 saturated carbocycles. The van der Waals surface area contributed by atoms with E-state index in [1.807, 2.05) is 32.0 Å². The molecule has 0 spiro atoms. The number of aryl methyl sites for hydroxylation is 2. The van der Waals surface area contributed by atoms with E-state index in [0.29, 0.717) is 19.5 Å². The highest BCUT2D eigenvalue weighted by atomic mass is 16.2. The Morgan fingerprint density at radius 3 is 2.52 bits per heavy atom. The zero-order valence-corrected chi connectivity index (χ0v) is 13.5. The summed E-state index contributed by atoms with van der Waals surface area (Å²) in [6, 6.07) is 6.08. The number of benzene rings is 1. The van der Waals surface area contributed by atoms with E-state index in [9.17, 15) is 9.59 Å². The molecule has 0 atom stereocenters. The maximum Gasteiger partial charge on any atom is 0.223 e. The molecule has 4 nitrogen and oxygen atoms in total. The molecule has 0 aliphatic rings. The van der Waals surface area contributed by atoms with Crippen LogP contribution in [0, 0.1) is 6.92 Å². The van der Waals surface area contributed by atoms with Crippen molar-refractivity contribution in [3.63, 3.8) is 0 Å². The Labute approximate surface area is 127 Å². The van der Waals surface area contributed by atoms with Crippen molar-refractivity contribution in [1.82, 2.24) is 5.32 Å². The summed E-state index contributed by atoms with van der Waals surface area (Å²) in [7, 11) is 0. The van der Waals surface area contributed by atoms with Gasteiger partial charge in [-0.25, -0.2) is 0 Å². The summed E-state index contributed by atoms with van der Waals surface area (Å²) in [6.07, 6.45) is 2.24. The van der Waals surface area contributed by atoms with Crippen molar-refractivity contribution < 1.29 is 9.59 Å².